The Bertz CT molecular complexity index is 957. The molecule has 0 fully saturated rings. The molecule has 1 amide bonds. The molecule has 6 nitrogen and oxygen atoms in total. The minimum absolute atomic E-state index is 0.115. The minimum Gasteiger partial charge on any atom is -0.491 e. The van der Waals surface area contributed by atoms with Crippen LogP contribution in [0.2, 0.25) is 0 Å². The highest BCUT2D eigenvalue weighted by Crippen LogP contribution is 2.24. The first-order valence-electron chi connectivity index (χ1n) is 8.61. The molecule has 3 aromatic rings. The lowest BCUT2D eigenvalue weighted by Gasteiger charge is -2.25. The Kier molecular flexibility index (Phi) is 4.74. The van der Waals surface area contributed by atoms with Gasteiger partial charge in [-0.3, -0.25) is 9.89 Å². The number of aromatic amines is 1. The molecular formula is C20H18FN3O3. The molecule has 2 aromatic carbocycles. The van der Waals surface area contributed by atoms with E-state index in [0.717, 1.165) is 11.3 Å². The van der Waals surface area contributed by atoms with E-state index in [0.29, 0.717) is 24.5 Å². The molecule has 0 saturated carbocycles. The molecule has 0 aliphatic carbocycles. The molecule has 4 rings (SSSR count). The number of hydrogen-bond donors (Lipinski definition) is 2. The molecule has 2 heterocycles. The van der Waals surface area contributed by atoms with Crippen molar-refractivity contribution in [2.24, 2.45) is 0 Å². The van der Waals surface area contributed by atoms with Crippen molar-refractivity contribution in [1.29, 1.82) is 0 Å². The van der Waals surface area contributed by atoms with Crippen molar-refractivity contribution in [3.63, 3.8) is 0 Å². The summed E-state index contributed by atoms with van der Waals surface area (Å²) >= 11 is 0. The fourth-order valence-corrected chi connectivity index (χ4v) is 2.95. The van der Waals surface area contributed by atoms with E-state index in [4.69, 9.17) is 9.47 Å². The third-order valence-corrected chi connectivity index (χ3v) is 4.27. The Balaban J connectivity index is 1.33. The monoisotopic (exact) mass is 367 g/mol. The number of ether oxygens (including phenoxy) is 2. The molecule has 0 bridgehead atoms. The van der Waals surface area contributed by atoms with Gasteiger partial charge >= 0.3 is 0 Å². The van der Waals surface area contributed by atoms with Crippen LogP contribution >= 0.6 is 0 Å². The van der Waals surface area contributed by atoms with Gasteiger partial charge in [0.15, 0.2) is 0 Å². The van der Waals surface area contributed by atoms with Crippen molar-refractivity contribution in [2.45, 2.75) is 19.1 Å². The number of fused-ring (bicyclic) bond motifs is 1. The summed E-state index contributed by atoms with van der Waals surface area (Å²) in [6.45, 7) is 0.576. The number of amides is 1. The van der Waals surface area contributed by atoms with Crippen LogP contribution in [0, 0.1) is 5.82 Å². The van der Waals surface area contributed by atoms with Crippen molar-refractivity contribution in [3.05, 3.63) is 77.4 Å². The van der Waals surface area contributed by atoms with Gasteiger partial charge in [0.25, 0.3) is 5.91 Å². The zero-order valence-electron chi connectivity index (χ0n) is 14.4. The summed E-state index contributed by atoms with van der Waals surface area (Å²) in [5.41, 5.74) is 1.96. The van der Waals surface area contributed by atoms with Crippen LogP contribution in [0.25, 0.3) is 0 Å². The van der Waals surface area contributed by atoms with Crippen LogP contribution in [0.1, 0.15) is 21.7 Å². The van der Waals surface area contributed by atoms with Crippen LogP contribution in [0.15, 0.2) is 54.6 Å². The van der Waals surface area contributed by atoms with Crippen molar-refractivity contribution in [2.75, 3.05) is 6.61 Å². The van der Waals surface area contributed by atoms with Crippen LogP contribution in [-0.2, 0) is 13.0 Å². The van der Waals surface area contributed by atoms with E-state index < -0.39 is 0 Å². The average Bonchev–Trinajstić information content (AvgIpc) is 3.16. The maximum atomic E-state index is 13.2. The molecule has 27 heavy (non-hydrogen) atoms. The first-order valence-corrected chi connectivity index (χ1v) is 8.61. The van der Waals surface area contributed by atoms with Crippen molar-refractivity contribution in [1.82, 2.24) is 15.5 Å². The number of para-hydroxylation sites is 1. The number of nitrogens with zero attached hydrogens (tertiary/aromatic N) is 1. The Labute approximate surface area is 155 Å². The van der Waals surface area contributed by atoms with Gasteiger partial charge < -0.3 is 14.8 Å². The molecule has 1 aromatic heterocycles. The second-order valence-electron chi connectivity index (χ2n) is 6.32. The Morgan fingerprint density at radius 1 is 1.26 bits per heavy atom. The zero-order valence-corrected chi connectivity index (χ0v) is 14.4. The van der Waals surface area contributed by atoms with E-state index in [-0.39, 0.29) is 30.1 Å². The number of carbonyl (C=O) groups is 1. The number of carbonyl (C=O) groups excluding carboxylic acids is 1. The second kappa shape index (κ2) is 7.49. The second-order valence-corrected chi connectivity index (χ2v) is 6.32. The van der Waals surface area contributed by atoms with Crippen LogP contribution in [0.3, 0.4) is 0 Å². The Morgan fingerprint density at radius 2 is 2.15 bits per heavy atom. The van der Waals surface area contributed by atoms with Gasteiger partial charge in [0.2, 0.25) is 0 Å². The molecule has 0 radical (unpaired) electrons. The fourth-order valence-electron chi connectivity index (χ4n) is 2.95. The molecule has 7 heteroatoms. The Hall–Kier alpha value is -3.35. The van der Waals surface area contributed by atoms with Gasteiger partial charge in [-0.05, 0) is 36.2 Å². The topological polar surface area (TPSA) is 76.2 Å². The number of halogens is 1. The highest BCUT2D eigenvalue weighted by Gasteiger charge is 2.22. The lowest BCUT2D eigenvalue weighted by molar-refractivity contribution is 0.0910. The maximum absolute atomic E-state index is 13.2. The summed E-state index contributed by atoms with van der Waals surface area (Å²) < 4.78 is 24.3. The number of H-pyrrole nitrogens is 1. The number of hydrogen-bond acceptors (Lipinski definition) is 4. The first-order chi connectivity index (χ1) is 13.2. The molecule has 0 saturated heterocycles. The standard InChI is InChI=1S/C20H18FN3O3/c21-14-5-3-6-17(9-14)26-12-16-10-18(24-23-16)20(25)22-15-8-13-4-1-2-7-19(13)27-11-15/h1-7,9-10,15H,8,11-12H2,(H,22,25)(H,23,24)/t15-/m0/s1. The van der Waals surface area contributed by atoms with Crippen LogP contribution in [0.4, 0.5) is 4.39 Å². The van der Waals surface area contributed by atoms with E-state index in [2.05, 4.69) is 15.5 Å². The molecule has 1 aliphatic rings. The van der Waals surface area contributed by atoms with Crippen LogP contribution < -0.4 is 14.8 Å². The molecule has 1 aliphatic heterocycles. The average molecular weight is 367 g/mol. The van der Waals surface area contributed by atoms with Gasteiger partial charge in [-0.25, -0.2) is 4.39 Å². The minimum atomic E-state index is -0.367. The summed E-state index contributed by atoms with van der Waals surface area (Å²) in [5, 5.41) is 9.72. The van der Waals surface area contributed by atoms with E-state index in [1.54, 1.807) is 18.2 Å². The Morgan fingerprint density at radius 3 is 3.04 bits per heavy atom. The third kappa shape index (κ3) is 4.08. The van der Waals surface area contributed by atoms with Crippen LogP contribution in [-0.4, -0.2) is 28.8 Å². The molecule has 2 N–H and O–H groups in total. The van der Waals surface area contributed by atoms with Gasteiger partial charge in [0.1, 0.15) is 36.2 Å². The highest BCUT2D eigenvalue weighted by atomic mass is 19.1. The summed E-state index contributed by atoms with van der Waals surface area (Å²) in [6, 6.07) is 15.2. The molecule has 0 spiro atoms. The first kappa shape index (κ1) is 17.1. The molecule has 0 unspecified atom stereocenters. The van der Waals surface area contributed by atoms with E-state index >= 15 is 0 Å². The number of nitrogens with one attached hydrogen (secondary N) is 2. The molecule has 138 valence electrons. The number of aromatic nitrogens is 2. The largest absolute Gasteiger partial charge is 0.491 e. The summed E-state index contributed by atoms with van der Waals surface area (Å²) in [6.07, 6.45) is 0.710. The predicted octanol–water partition coefficient (Wildman–Crippen LogP) is 2.86. The summed E-state index contributed by atoms with van der Waals surface area (Å²) in [7, 11) is 0. The summed E-state index contributed by atoms with van der Waals surface area (Å²) in [5.74, 6) is 0.623. The maximum Gasteiger partial charge on any atom is 0.272 e. The SMILES string of the molecule is O=C(N[C@@H]1COc2ccccc2C1)c1cc(COc2cccc(F)c2)[nH]n1. The zero-order chi connectivity index (χ0) is 18.6. The van der Waals surface area contributed by atoms with Gasteiger partial charge in [0, 0.05) is 6.07 Å². The van der Waals surface area contributed by atoms with Gasteiger partial charge in [-0.15, -0.1) is 0 Å². The third-order valence-electron chi connectivity index (χ3n) is 4.27. The highest BCUT2D eigenvalue weighted by molar-refractivity contribution is 5.92. The van der Waals surface area contributed by atoms with Crippen molar-refractivity contribution < 1.29 is 18.7 Å². The van der Waals surface area contributed by atoms with Crippen molar-refractivity contribution >= 4 is 5.91 Å². The molecular weight excluding hydrogens is 349 g/mol. The normalized spacial score (nSPS) is 15.5. The quantitative estimate of drug-likeness (QED) is 0.727. The summed E-state index contributed by atoms with van der Waals surface area (Å²) in [4.78, 5) is 12.4. The van der Waals surface area contributed by atoms with Gasteiger partial charge in [-0.2, -0.15) is 5.10 Å². The van der Waals surface area contributed by atoms with E-state index in [9.17, 15) is 9.18 Å². The number of rotatable bonds is 5. The number of benzene rings is 2. The van der Waals surface area contributed by atoms with E-state index in [1.165, 1.54) is 12.1 Å². The van der Waals surface area contributed by atoms with Gasteiger partial charge in [0.05, 0.1) is 11.7 Å². The smallest absolute Gasteiger partial charge is 0.272 e. The van der Waals surface area contributed by atoms with E-state index in [1.807, 2.05) is 24.3 Å². The van der Waals surface area contributed by atoms with Gasteiger partial charge in [-0.1, -0.05) is 24.3 Å². The van der Waals surface area contributed by atoms with Crippen molar-refractivity contribution in [3.8, 4) is 11.5 Å². The fraction of sp³-hybridized carbons (Fsp3) is 0.200. The van der Waals surface area contributed by atoms with Crippen LogP contribution in [0.5, 0.6) is 11.5 Å². The molecule has 1 atom stereocenters. The predicted molar refractivity (Wildman–Crippen MR) is 96.2 cm³/mol. The lowest BCUT2D eigenvalue weighted by Crippen LogP contribution is -2.42. The lowest BCUT2D eigenvalue weighted by atomic mass is 10.0.